The van der Waals surface area contributed by atoms with Crippen molar-refractivity contribution in [1.29, 1.82) is 0 Å². The van der Waals surface area contributed by atoms with E-state index in [0.29, 0.717) is 12.0 Å². The van der Waals surface area contributed by atoms with Gasteiger partial charge in [0.2, 0.25) is 0 Å². The lowest BCUT2D eigenvalue weighted by molar-refractivity contribution is -0.00555. The molecule has 0 radical (unpaired) electrons. The molecule has 0 spiro atoms. The average molecular weight is 262 g/mol. The zero-order chi connectivity index (χ0) is 13.7. The zero-order valence-electron chi connectivity index (χ0n) is 12.1. The van der Waals surface area contributed by atoms with Crippen LogP contribution in [0.25, 0.3) is 0 Å². The second kappa shape index (κ2) is 7.04. The van der Waals surface area contributed by atoms with Crippen molar-refractivity contribution in [2.75, 3.05) is 26.7 Å². The number of hydrogen-bond donors (Lipinski definition) is 1. The SMILES string of the molecule is COC1CN(CCC(N)c2ccccc2)CCC1C. The lowest BCUT2D eigenvalue weighted by atomic mass is 9.95. The van der Waals surface area contributed by atoms with Gasteiger partial charge in [-0.3, -0.25) is 0 Å². The maximum atomic E-state index is 6.25. The van der Waals surface area contributed by atoms with Gasteiger partial charge in [-0.05, 0) is 30.9 Å². The molecule has 1 aliphatic rings. The highest BCUT2D eigenvalue weighted by Crippen LogP contribution is 2.21. The van der Waals surface area contributed by atoms with Gasteiger partial charge in [0.1, 0.15) is 0 Å². The highest BCUT2D eigenvalue weighted by atomic mass is 16.5. The van der Waals surface area contributed by atoms with Crippen LogP contribution in [0.2, 0.25) is 0 Å². The van der Waals surface area contributed by atoms with Crippen molar-refractivity contribution >= 4 is 0 Å². The molecule has 1 aliphatic heterocycles. The van der Waals surface area contributed by atoms with Gasteiger partial charge >= 0.3 is 0 Å². The summed E-state index contributed by atoms with van der Waals surface area (Å²) in [7, 11) is 1.82. The van der Waals surface area contributed by atoms with Crippen LogP contribution in [0.3, 0.4) is 0 Å². The number of benzene rings is 1. The number of nitrogens with zero attached hydrogens (tertiary/aromatic N) is 1. The number of methoxy groups -OCH3 is 1. The first kappa shape index (κ1) is 14.5. The summed E-state index contributed by atoms with van der Waals surface area (Å²) in [6.45, 7) is 5.55. The van der Waals surface area contributed by atoms with E-state index in [4.69, 9.17) is 10.5 Å². The standard InChI is InChI=1S/C16H26N2O/c1-13-8-10-18(12-16(13)19-2)11-9-15(17)14-6-4-3-5-7-14/h3-7,13,15-16H,8-12,17H2,1-2H3. The molecule has 3 nitrogen and oxygen atoms in total. The first-order valence-electron chi connectivity index (χ1n) is 7.26. The lowest BCUT2D eigenvalue weighted by Gasteiger charge is -2.36. The van der Waals surface area contributed by atoms with Gasteiger partial charge in [-0.1, -0.05) is 37.3 Å². The van der Waals surface area contributed by atoms with Gasteiger partial charge in [0.05, 0.1) is 6.10 Å². The molecule has 1 aromatic rings. The number of ether oxygens (including phenoxy) is 1. The minimum absolute atomic E-state index is 0.140. The number of nitrogens with two attached hydrogens (primary N) is 1. The van der Waals surface area contributed by atoms with E-state index >= 15 is 0 Å². The van der Waals surface area contributed by atoms with E-state index < -0.39 is 0 Å². The third-order valence-corrected chi connectivity index (χ3v) is 4.26. The van der Waals surface area contributed by atoms with Crippen molar-refractivity contribution in [3.05, 3.63) is 35.9 Å². The Bertz CT molecular complexity index is 368. The molecule has 3 unspecified atom stereocenters. The van der Waals surface area contributed by atoms with E-state index in [0.717, 1.165) is 19.5 Å². The summed E-state index contributed by atoms with van der Waals surface area (Å²) in [5.41, 5.74) is 7.48. The predicted molar refractivity (Wildman–Crippen MR) is 79.0 cm³/mol. The highest BCUT2D eigenvalue weighted by Gasteiger charge is 2.25. The van der Waals surface area contributed by atoms with Crippen molar-refractivity contribution in [3.8, 4) is 0 Å². The molecule has 106 valence electrons. The summed E-state index contributed by atoms with van der Waals surface area (Å²) >= 11 is 0. The topological polar surface area (TPSA) is 38.5 Å². The minimum Gasteiger partial charge on any atom is -0.380 e. The van der Waals surface area contributed by atoms with Crippen molar-refractivity contribution in [2.45, 2.75) is 31.9 Å². The Labute approximate surface area is 116 Å². The first-order chi connectivity index (χ1) is 9.20. The van der Waals surface area contributed by atoms with E-state index in [2.05, 4.69) is 36.1 Å². The summed E-state index contributed by atoms with van der Waals surface area (Å²) in [5.74, 6) is 0.670. The molecule has 0 aromatic heterocycles. The van der Waals surface area contributed by atoms with Crippen LogP contribution >= 0.6 is 0 Å². The maximum absolute atomic E-state index is 6.25. The van der Waals surface area contributed by atoms with Crippen LogP contribution in [0.1, 0.15) is 31.4 Å². The van der Waals surface area contributed by atoms with Gasteiger partial charge in [0, 0.05) is 26.2 Å². The smallest absolute Gasteiger partial charge is 0.0724 e. The van der Waals surface area contributed by atoms with Crippen molar-refractivity contribution in [2.24, 2.45) is 11.7 Å². The minimum atomic E-state index is 0.140. The molecule has 1 fully saturated rings. The number of piperidine rings is 1. The van der Waals surface area contributed by atoms with Crippen molar-refractivity contribution in [1.82, 2.24) is 4.90 Å². The number of likely N-dealkylation sites (tertiary alicyclic amines) is 1. The average Bonchev–Trinajstić information content (AvgIpc) is 2.47. The molecule has 3 atom stereocenters. The molecule has 0 aliphatic carbocycles. The van der Waals surface area contributed by atoms with Crippen LogP contribution in [0.4, 0.5) is 0 Å². The summed E-state index contributed by atoms with van der Waals surface area (Å²) in [6, 6.07) is 10.5. The molecule has 2 N–H and O–H groups in total. The molecule has 1 aromatic carbocycles. The Morgan fingerprint density at radius 1 is 1.37 bits per heavy atom. The van der Waals surface area contributed by atoms with Crippen LogP contribution in [0, 0.1) is 5.92 Å². The molecule has 1 heterocycles. The predicted octanol–water partition coefficient (Wildman–Crippen LogP) is 2.43. The van der Waals surface area contributed by atoms with Gasteiger partial charge in [-0.15, -0.1) is 0 Å². The van der Waals surface area contributed by atoms with E-state index in [1.54, 1.807) is 0 Å². The van der Waals surface area contributed by atoms with Crippen LogP contribution in [-0.4, -0.2) is 37.7 Å². The summed E-state index contributed by atoms with van der Waals surface area (Å²) < 4.78 is 5.55. The largest absolute Gasteiger partial charge is 0.380 e. The van der Waals surface area contributed by atoms with E-state index in [1.165, 1.54) is 18.5 Å². The number of hydrogen-bond acceptors (Lipinski definition) is 3. The van der Waals surface area contributed by atoms with Gasteiger partial charge < -0.3 is 15.4 Å². The molecule has 2 rings (SSSR count). The molecule has 1 saturated heterocycles. The third-order valence-electron chi connectivity index (χ3n) is 4.26. The molecule has 0 bridgehead atoms. The quantitative estimate of drug-likeness (QED) is 0.885. The van der Waals surface area contributed by atoms with Gasteiger partial charge in [0.25, 0.3) is 0 Å². The third kappa shape index (κ3) is 4.03. The molecule has 0 amide bonds. The Kier molecular flexibility index (Phi) is 5.37. The second-order valence-corrected chi connectivity index (χ2v) is 5.65. The van der Waals surface area contributed by atoms with Gasteiger partial charge in [-0.25, -0.2) is 0 Å². The molecule has 3 heteroatoms. The van der Waals surface area contributed by atoms with Crippen LogP contribution in [0.15, 0.2) is 30.3 Å². The highest BCUT2D eigenvalue weighted by molar-refractivity contribution is 5.18. The fraction of sp³-hybridized carbons (Fsp3) is 0.625. The molecule has 0 saturated carbocycles. The summed E-state index contributed by atoms with van der Waals surface area (Å²) in [6.07, 6.45) is 2.61. The zero-order valence-corrected chi connectivity index (χ0v) is 12.1. The molecular weight excluding hydrogens is 236 g/mol. The molecular formula is C16H26N2O. The molecule has 19 heavy (non-hydrogen) atoms. The summed E-state index contributed by atoms with van der Waals surface area (Å²) in [5, 5.41) is 0. The Morgan fingerprint density at radius 3 is 2.79 bits per heavy atom. The summed E-state index contributed by atoms with van der Waals surface area (Å²) in [4.78, 5) is 2.48. The van der Waals surface area contributed by atoms with E-state index in [1.807, 2.05) is 13.2 Å². The van der Waals surface area contributed by atoms with Crippen molar-refractivity contribution < 1.29 is 4.74 Å². The Hall–Kier alpha value is -0.900. The van der Waals surface area contributed by atoms with Crippen LogP contribution < -0.4 is 5.73 Å². The fourth-order valence-electron chi connectivity index (χ4n) is 2.80. The van der Waals surface area contributed by atoms with E-state index in [-0.39, 0.29) is 6.04 Å². The number of rotatable bonds is 5. The monoisotopic (exact) mass is 262 g/mol. The fourth-order valence-corrected chi connectivity index (χ4v) is 2.80. The normalized spacial score (nSPS) is 26.3. The van der Waals surface area contributed by atoms with Crippen LogP contribution in [-0.2, 0) is 4.74 Å². The van der Waals surface area contributed by atoms with Gasteiger partial charge in [0.15, 0.2) is 0 Å². The second-order valence-electron chi connectivity index (χ2n) is 5.65. The maximum Gasteiger partial charge on any atom is 0.0724 e. The van der Waals surface area contributed by atoms with E-state index in [9.17, 15) is 0 Å². The Balaban J connectivity index is 1.79. The van der Waals surface area contributed by atoms with Crippen molar-refractivity contribution in [3.63, 3.8) is 0 Å². The Morgan fingerprint density at radius 2 is 2.11 bits per heavy atom. The van der Waals surface area contributed by atoms with Gasteiger partial charge in [-0.2, -0.15) is 0 Å². The first-order valence-corrected chi connectivity index (χ1v) is 7.26. The van der Waals surface area contributed by atoms with Crippen LogP contribution in [0.5, 0.6) is 0 Å². The lowest BCUT2D eigenvalue weighted by Crippen LogP contribution is -2.44.